The molecule has 2 amide bonds. The number of carbonyl (C=O) groups is 3. The molecule has 3 fully saturated rings. The van der Waals surface area contributed by atoms with Crippen LogP contribution in [0.1, 0.15) is 24.2 Å². The number of guanidine groups is 1. The van der Waals surface area contributed by atoms with Gasteiger partial charge >= 0.3 is 16.3 Å². The summed E-state index contributed by atoms with van der Waals surface area (Å²) in [5, 5.41) is 31.3. The van der Waals surface area contributed by atoms with Gasteiger partial charge in [0.25, 0.3) is 11.8 Å². The molecule has 2 aromatic heterocycles. The van der Waals surface area contributed by atoms with E-state index in [2.05, 4.69) is 41.3 Å². The van der Waals surface area contributed by atoms with Crippen LogP contribution < -0.4 is 27.4 Å². The molecule has 2 aromatic rings. The van der Waals surface area contributed by atoms with E-state index in [-0.39, 0.29) is 47.0 Å². The number of carboxylic acids is 1. The largest absolute Gasteiger partial charge is 0.478 e. The molecule has 0 radical (unpaired) electrons. The van der Waals surface area contributed by atoms with Crippen molar-refractivity contribution in [3.8, 4) is 0 Å². The van der Waals surface area contributed by atoms with Crippen LogP contribution in [-0.4, -0.2) is 109 Å². The number of anilines is 1. The van der Waals surface area contributed by atoms with Gasteiger partial charge in [0.05, 0.1) is 19.3 Å². The van der Waals surface area contributed by atoms with Gasteiger partial charge in [-0.2, -0.15) is 23.4 Å². The van der Waals surface area contributed by atoms with Crippen molar-refractivity contribution in [2.75, 3.05) is 25.4 Å². The van der Waals surface area contributed by atoms with Gasteiger partial charge in [-0.1, -0.05) is 5.16 Å². The van der Waals surface area contributed by atoms with Crippen LogP contribution in [0.4, 0.5) is 5.13 Å². The number of nitrogen functional groups attached to an aromatic ring is 1. The number of thiazole rings is 1. The fourth-order valence-corrected chi connectivity index (χ4v) is 5.59. The number of oxime groups is 1. The molecule has 3 aliphatic rings. The Bertz CT molecular complexity index is 1580. The molecule has 22 heteroatoms. The monoisotopic (exact) mass is 640 g/mol. The van der Waals surface area contributed by atoms with E-state index in [1.165, 1.54) is 11.6 Å². The summed E-state index contributed by atoms with van der Waals surface area (Å²) in [5.74, 6) is -2.76. The maximum Gasteiger partial charge on any atom is 0.362 e. The maximum atomic E-state index is 13.2. The minimum absolute atomic E-state index is 0.0575. The maximum absolute atomic E-state index is 13.2. The lowest BCUT2D eigenvalue weighted by Crippen LogP contribution is -2.73. The average Bonchev–Trinajstić information content (AvgIpc) is 3.37. The Morgan fingerprint density at radius 3 is 2.65 bits per heavy atom. The number of rotatable bonds is 13. The number of carboxylic acid groups (broad SMARTS) is 1. The molecule has 43 heavy (non-hydrogen) atoms. The van der Waals surface area contributed by atoms with Crippen molar-refractivity contribution in [3.05, 3.63) is 23.0 Å². The van der Waals surface area contributed by atoms with Crippen molar-refractivity contribution < 1.29 is 37.3 Å². The summed E-state index contributed by atoms with van der Waals surface area (Å²) in [7, 11) is -5.01. The van der Waals surface area contributed by atoms with E-state index in [1.807, 2.05) is 0 Å². The average molecular weight is 641 g/mol. The normalized spacial score (nSPS) is 22.0. The molecule has 232 valence electrons. The van der Waals surface area contributed by atoms with Gasteiger partial charge in [0.15, 0.2) is 16.8 Å². The van der Waals surface area contributed by atoms with Crippen molar-refractivity contribution in [1.82, 2.24) is 40.2 Å². The summed E-state index contributed by atoms with van der Waals surface area (Å²) in [6.45, 7) is 2.16. The lowest BCUT2D eigenvalue weighted by Gasteiger charge is -2.43. The number of carbonyl (C=O) groups excluding carboxylic acids is 2. The van der Waals surface area contributed by atoms with E-state index < -0.39 is 51.5 Å². The van der Waals surface area contributed by atoms with Gasteiger partial charge in [-0.3, -0.25) is 14.1 Å². The molecule has 0 spiro atoms. The SMILES string of the molecule is NC(=NCc1cnn(CC2C(NC(=O)/C(=N\OC3(C(=O)O)CC3)c3csc(N)n3)C(=O)N2S(=O)(=O)O)n1)NCC1CNC1. The van der Waals surface area contributed by atoms with E-state index in [0.717, 1.165) is 29.2 Å². The molecule has 2 saturated heterocycles. The molecule has 4 heterocycles. The standard InChI is InChI=1S/C21H28N12O8S2/c22-19(25-5-10-3-24-4-10)26-6-11-7-27-32(30-11)8-13-15(17(35)33(13)43(38,39)40)29-16(34)14(12-9-42-20(23)28-12)31-41-21(1-2-21)18(36)37/h7,9-10,13,15,24H,1-6,8H2,(H2,23,28)(H,29,34)(H,36,37)(H3,22,25,26)(H,38,39,40)/b31-14-. The fourth-order valence-electron chi connectivity index (χ4n) is 4.17. The van der Waals surface area contributed by atoms with Crippen molar-refractivity contribution in [2.45, 2.75) is 43.6 Å². The van der Waals surface area contributed by atoms with E-state index >= 15 is 0 Å². The molecular formula is C21H28N12O8S2. The molecule has 1 saturated carbocycles. The van der Waals surface area contributed by atoms with Crippen molar-refractivity contribution in [3.63, 3.8) is 0 Å². The summed E-state index contributed by atoms with van der Waals surface area (Å²) >= 11 is 0.969. The topological polar surface area (TPSA) is 295 Å². The van der Waals surface area contributed by atoms with Crippen LogP contribution in [0.5, 0.6) is 0 Å². The minimum atomic E-state index is -5.01. The highest BCUT2D eigenvalue weighted by Gasteiger charge is 2.56. The first-order valence-electron chi connectivity index (χ1n) is 12.8. The summed E-state index contributed by atoms with van der Waals surface area (Å²) in [5.41, 5.74) is 9.76. The fraction of sp³-hybridized carbons (Fsp3) is 0.524. The third-order valence-electron chi connectivity index (χ3n) is 6.87. The summed E-state index contributed by atoms with van der Waals surface area (Å²) in [6.07, 6.45) is 1.69. The van der Waals surface area contributed by atoms with Gasteiger partial charge in [-0.05, 0) is 0 Å². The molecule has 1 aliphatic carbocycles. The number of nitrogens with one attached hydrogen (secondary N) is 3. The van der Waals surface area contributed by atoms with Crippen LogP contribution in [-0.2, 0) is 42.6 Å². The Hall–Kier alpha value is -4.41. The van der Waals surface area contributed by atoms with Gasteiger partial charge in [-0.25, -0.2) is 19.1 Å². The first-order chi connectivity index (χ1) is 20.4. The molecule has 5 rings (SSSR count). The Kier molecular flexibility index (Phi) is 8.18. The molecule has 2 unspecified atom stereocenters. The first-order valence-corrected chi connectivity index (χ1v) is 15.1. The number of nitrogens with zero attached hydrogens (tertiary/aromatic N) is 7. The highest BCUT2D eigenvalue weighted by Crippen LogP contribution is 2.40. The summed E-state index contributed by atoms with van der Waals surface area (Å²) in [6, 6.07) is -2.81. The zero-order valence-electron chi connectivity index (χ0n) is 22.3. The van der Waals surface area contributed by atoms with E-state index in [1.54, 1.807) is 0 Å². The second kappa shape index (κ2) is 11.7. The molecular weight excluding hydrogens is 612 g/mol. The molecule has 2 aliphatic heterocycles. The number of amides is 2. The van der Waals surface area contributed by atoms with Crippen LogP contribution in [0.3, 0.4) is 0 Å². The Morgan fingerprint density at radius 2 is 2.07 bits per heavy atom. The van der Waals surface area contributed by atoms with Crippen molar-refractivity contribution in [1.29, 1.82) is 0 Å². The third kappa shape index (κ3) is 6.65. The van der Waals surface area contributed by atoms with Gasteiger partial charge in [0.2, 0.25) is 5.60 Å². The second-order valence-electron chi connectivity index (χ2n) is 10.0. The van der Waals surface area contributed by atoms with Gasteiger partial charge in [-0.15, -0.1) is 11.3 Å². The Labute approximate surface area is 247 Å². The van der Waals surface area contributed by atoms with Crippen molar-refractivity contribution in [2.24, 2.45) is 21.8 Å². The van der Waals surface area contributed by atoms with E-state index in [4.69, 9.17) is 16.3 Å². The van der Waals surface area contributed by atoms with E-state index in [9.17, 15) is 32.5 Å². The number of aliphatic carboxylic acids is 1. The number of hydrogen-bond acceptors (Lipinski definition) is 14. The van der Waals surface area contributed by atoms with Gasteiger partial charge in [0.1, 0.15) is 23.5 Å². The predicted octanol–water partition coefficient (Wildman–Crippen LogP) is -3.52. The van der Waals surface area contributed by atoms with Crippen LogP contribution in [0, 0.1) is 5.92 Å². The molecule has 9 N–H and O–H groups in total. The number of aliphatic imine (C=N–C) groups is 1. The van der Waals surface area contributed by atoms with Gasteiger partial charge in [0, 0.05) is 43.8 Å². The molecule has 0 aromatic carbocycles. The van der Waals surface area contributed by atoms with E-state index in [0.29, 0.717) is 18.2 Å². The smallest absolute Gasteiger partial charge is 0.362 e. The predicted molar refractivity (Wildman–Crippen MR) is 148 cm³/mol. The number of hydrogen-bond donors (Lipinski definition) is 7. The third-order valence-corrected chi connectivity index (χ3v) is 8.49. The Morgan fingerprint density at radius 1 is 1.33 bits per heavy atom. The lowest BCUT2D eigenvalue weighted by molar-refractivity contribution is -0.153. The highest BCUT2D eigenvalue weighted by molar-refractivity contribution is 7.84. The summed E-state index contributed by atoms with van der Waals surface area (Å²) < 4.78 is 33.7. The minimum Gasteiger partial charge on any atom is -0.478 e. The summed E-state index contributed by atoms with van der Waals surface area (Å²) in [4.78, 5) is 51.8. The number of nitrogens with two attached hydrogens (primary N) is 2. The Balaban J connectivity index is 1.28. The van der Waals surface area contributed by atoms with Crippen LogP contribution in [0.15, 0.2) is 21.7 Å². The molecule has 20 nitrogen and oxygen atoms in total. The van der Waals surface area contributed by atoms with Crippen LogP contribution in [0.25, 0.3) is 0 Å². The molecule has 0 bridgehead atoms. The first kappa shape index (κ1) is 30.1. The number of β-lactam (4-membered cyclic amide) rings is 1. The zero-order chi connectivity index (χ0) is 30.9. The lowest BCUT2D eigenvalue weighted by atomic mass is 9.98. The van der Waals surface area contributed by atoms with Crippen LogP contribution in [0.2, 0.25) is 0 Å². The number of aromatic nitrogens is 4. The van der Waals surface area contributed by atoms with Crippen LogP contribution >= 0.6 is 11.3 Å². The van der Waals surface area contributed by atoms with Crippen molar-refractivity contribution >= 4 is 56.2 Å². The second-order valence-corrected chi connectivity index (χ2v) is 12.2. The quantitative estimate of drug-likeness (QED) is 0.0367. The highest BCUT2D eigenvalue weighted by atomic mass is 32.2. The zero-order valence-corrected chi connectivity index (χ0v) is 23.9. The van der Waals surface area contributed by atoms with Gasteiger partial charge < -0.3 is 37.4 Å². The molecule has 2 atom stereocenters.